The quantitative estimate of drug-likeness (QED) is 0.911. The molecule has 1 N–H and O–H groups in total. The van der Waals surface area contributed by atoms with Crippen molar-refractivity contribution in [1.29, 1.82) is 0 Å². The van der Waals surface area contributed by atoms with E-state index in [9.17, 15) is 18.4 Å². The molecule has 2 aromatic rings. The number of amides is 2. The zero-order valence-electron chi connectivity index (χ0n) is 14.9. The average molecular weight is 358 g/mol. The van der Waals surface area contributed by atoms with E-state index in [1.807, 2.05) is 32.9 Å². The Morgan fingerprint density at radius 1 is 1.00 bits per heavy atom. The van der Waals surface area contributed by atoms with Gasteiger partial charge < -0.3 is 10.2 Å². The second kappa shape index (κ2) is 6.86. The molecule has 0 spiro atoms. The van der Waals surface area contributed by atoms with E-state index >= 15 is 0 Å². The van der Waals surface area contributed by atoms with Gasteiger partial charge in [0, 0.05) is 24.3 Å². The van der Waals surface area contributed by atoms with Crippen molar-refractivity contribution in [3.8, 4) is 0 Å². The molecule has 0 saturated carbocycles. The second-order valence-electron chi connectivity index (χ2n) is 6.80. The van der Waals surface area contributed by atoms with Crippen LogP contribution in [0.2, 0.25) is 0 Å². The third-order valence-electron chi connectivity index (χ3n) is 4.63. The Hall–Kier alpha value is -2.76. The summed E-state index contributed by atoms with van der Waals surface area (Å²) >= 11 is 0. The lowest BCUT2D eigenvalue weighted by molar-refractivity contribution is -0.123. The Labute approximate surface area is 150 Å². The number of carbonyl (C=O) groups is 2. The first kappa shape index (κ1) is 18.0. The molecular weight excluding hydrogens is 338 g/mol. The van der Waals surface area contributed by atoms with Crippen molar-refractivity contribution >= 4 is 17.5 Å². The standard InChI is InChI=1S/C20H20F2N2O2/c1-11-6-12(2)18(13(3)7-11)23-19(25)15-9-24(10-15)20(26)14-4-5-16(21)17(22)8-14/h4-8,15H,9-10H2,1-3H3,(H,23,25). The maximum Gasteiger partial charge on any atom is 0.254 e. The normalized spacial score (nSPS) is 14.1. The zero-order valence-corrected chi connectivity index (χ0v) is 14.9. The molecule has 2 amide bonds. The monoisotopic (exact) mass is 358 g/mol. The van der Waals surface area contributed by atoms with Crippen molar-refractivity contribution in [2.75, 3.05) is 18.4 Å². The van der Waals surface area contributed by atoms with Crippen LogP contribution in [0.25, 0.3) is 0 Å². The Bertz CT molecular complexity index is 866. The number of nitrogens with zero attached hydrogens (tertiary/aromatic N) is 1. The average Bonchev–Trinajstić information content (AvgIpc) is 2.52. The van der Waals surface area contributed by atoms with Crippen LogP contribution >= 0.6 is 0 Å². The SMILES string of the molecule is Cc1cc(C)c(NC(=O)C2CN(C(=O)c3ccc(F)c(F)c3)C2)c(C)c1. The van der Waals surface area contributed by atoms with Crippen molar-refractivity contribution in [3.63, 3.8) is 0 Å². The summed E-state index contributed by atoms with van der Waals surface area (Å²) in [4.78, 5) is 26.1. The fraction of sp³-hybridized carbons (Fsp3) is 0.300. The van der Waals surface area contributed by atoms with Crippen LogP contribution in [0.4, 0.5) is 14.5 Å². The molecule has 1 aliphatic rings. The van der Waals surface area contributed by atoms with Crippen LogP contribution in [0.5, 0.6) is 0 Å². The number of rotatable bonds is 3. The van der Waals surface area contributed by atoms with Crippen LogP contribution in [0.3, 0.4) is 0 Å². The number of anilines is 1. The third kappa shape index (κ3) is 3.45. The van der Waals surface area contributed by atoms with E-state index in [1.165, 1.54) is 11.0 Å². The zero-order chi connectivity index (χ0) is 19.0. The largest absolute Gasteiger partial charge is 0.337 e. The van der Waals surface area contributed by atoms with E-state index in [2.05, 4.69) is 5.32 Å². The predicted octanol–water partition coefficient (Wildman–Crippen LogP) is 3.60. The summed E-state index contributed by atoms with van der Waals surface area (Å²) in [5, 5.41) is 2.94. The molecule has 26 heavy (non-hydrogen) atoms. The molecule has 0 radical (unpaired) electrons. The van der Waals surface area contributed by atoms with Crippen LogP contribution in [-0.4, -0.2) is 29.8 Å². The van der Waals surface area contributed by atoms with Gasteiger partial charge >= 0.3 is 0 Å². The highest BCUT2D eigenvalue weighted by molar-refractivity contribution is 5.99. The lowest BCUT2D eigenvalue weighted by atomic mass is 9.97. The minimum atomic E-state index is -1.06. The van der Waals surface area contributed by atoms with Crippen molar-refractivity contribution in [2.45, 2.75) is 20.8 Å². The molecule has 1 heterocycles. The first-order valence-electron chi connectivity index (χ1n) is 8.39. The minimum Gasteiger partial charge on any atom is -0.337 e. The molecular formula is C20H20F2N2O2. The highest BCUT2D eigenvalue weighted by atomic mass is 19.2. The van der Waals surface area contributed by atoms with Gasteiger partial charge in [-0.1, -0.05) is 17.7 Å². The van der Waals surface area contributed by atoms with Gasteiger partial charge in [0.2, 0.25) is 5.91 Å². The first-order chi connectivity index (χ1) is 12.3. The molecule has 0 aromatic heterocycles. The van der Waals surface area contributed by atoms with E-state index in [0.717, 1.165) is 34.5 Å². The third-order valence-corrected chi connectivity index (χ3v) is 4.63. The summed E-state index contributed by atoms with van der Waals surface area (Å²) < 4.78 is 26.2. The minimum absolute atomic E-state index is 0.0768. The van der Waals surface area contributed by atoms with E-state index in [0.29, 0.717) is 0 Å². The van der Waals surface area contributed by atoms with Gasteiger partial charge in [-0.2, -0.15) is 0 Å². The van der Waals surface area contributed by atoms with Gasteiger partial charge in [-0.25, -0.2) is 8.78 Å². The molecule has 1 fully saturated rings. The van der Waals surface area contributed by atoms with E-state index in [-0.39, 0.29) is 30.5 Å². The maximum absolute atomic E-state index is 13.3. The number of benzene rings is 2. The van der Waals surface area contributed by atoms with Crippen molar-refractivity contribution in [2.24, 2.45) is 5.92 Å². The Morgan fingerprint density at radius 2 is 1.62 bits per heavy atom. The van der Waals surface area contributed by atoms with Gasteiger partial charge in [0.1, 0.15) is 0 Å². The predicted molar refractivity (Wildman–Crippen MR) is 95.0 cm³/mol. The van der Waals surface area contributed by atoms with Crippen LogP contribution in [0.1, 0.15) is 27.0 Å². The van der Waals surface area contributed by atoms with Crippen LogP contribution in [0.15, 0.2) is 30.3 Å². The molecule has 136 valence electrons. The highest BCUT2D eigenvalue weighted by Crippen LogP contribution is 2.25. The molecule has 2 aromatic carbocycles. The molecule has 6 heteroatoms. The number of halogens is 2. The summed E-state index contributed by atoms with van der Waals surface area (Å²) in [6, 6.07) is 7.05. The molecule has 1 saturated heterocycles. The van der Waals surface area contributed by atoms with Gasteiger partial charge in [0.15, 0.2) is 11.6 Å². The number of carbonyl (C=O) groups excluding carboxylic acids is 2. The topological polar surface area (TPSA) is 49.4 Å². The Kier molecular flexibility index (Phi) is 4.76. The lowest BCUT2D eigenvalue weighted by Crippen LogP contribution is -2.54. The number of likely N-dealkylation sites (tertiary alicyclic amines) is 1. The van der Waals surface area contributed by atoms with Crippen molar-refractivity contribution in [1.82, 2.24) is 4.90 Å². The molecule has 1 aliphatic heterocycles. The molecule has 0 aliphatic carbocycles. The second-order valence-corrected chi connectivity index (χ2v) is 6.80. The van der Waals surface area contributed by atoms with Crippen LogP contribution in [0, 0.1) is 38.3 Å². The molecule has 3 rings (SSSR count). The van der Waals surface area contributed by atoms with Gasteiger partial charge in [-0.3, -0.25) is 9.59 Å². The lowest BCUT2D eigenvalue weighted by Gasteiger charge is -2.38. The molecule has 0 bridgehead atoms. The Balaban J connectivity index is 1.62. The van der Waals surface area contributed by atoms with E-state index < -0.39 is 17.5 Å². The maximum atomic E-state index is 13.3. The van der Waals surface area contributed by atoms with E-state index in [4.69, 9.17) is 0 Å². The number of hydrogen-bond donors (Lipinski definition) is 1. The Morgan fingerprint density at radius 3 is 2.19 bits per heavy atom. The fourth-order valence-corrected chi connectivity index (χ4v) is 3.22. The highest BCUT2D eigenvalue weighted by Gasteiger charge is 2.36. The van der Waals surface area contributed by atoms with Crippen LogP contribution < -0.4 is 5.32 Å². The van der Waals surface area contributed by atoms with Crippen molar-refractivity contribution in [3.05, 3.63) is 64.2 Å². The van der Waals surface area contributed by atoms with Gasteiger partial charge in [-0.15, -0.1) is 0 Å². The summed E-state index contributed by atoms with van der Waals surface area (Å²) in [6.45, 7) is 6.39. The van der Waals surface area contributed by atoms with Gasteiger partial charge in [0.05, 0.1) is 5.92 Å². The summed E-state index contributed by atoms with van der Waals surface area (Å²) in [6.07, 6.45) is 0. The summed E-state index contributed by atoms with van der Waals surface area (Å²) in [7, 11) is 0. The molecule has 0 unspecified atom stereocenters. The van der Waals surface area contributed by atoms with Crippen molar-refractivity contribution < 1.29 is 18.4 Å². The summed E-state index contributed by atoms with van der Waals surface area (Å²) in [5.74, 6) is -2.92. The number of hydrogen-bond acceptors (Lipinski definition) is 2. The van der Waals surface area contributed by atoms with E-state index in [1.54, 1.807) is 0 Å². The first-order valence-corrected chi connectivity index (χ1v) is 8.39. The smallest absolute Gasteiger partial charge is 0.254 e. The molecule has 0 atom stereocenters. The number of nitrogens with one attached hydrogen (secondary N) is 1. The van der Waals surface area contributed by atoms with Gasteiger partial charge in [-0.05, 0) is 50.1 Å². The number of aryl methyl sites for hydroxylation is 3. The summed E-state index contributed by atoms with van der Waals surface area (Å²) in [5.41, 5.74) is 3.98. The fourth-order valence-electron chi connectivity index (χ4n) is 3.22. The molecule has 4 nitrogen and oxygen atoms in total. The van der Waals surface area contributed by atoms with Crippen LogP contribution in [-0.2, 0) is 4.79 Å². The van der Waals surface area contributed by atoms with Gasteiger partial charge in [0.25, 0.3) is 5.91 Å².